The minimum Gasteiger partial charge on any atom is -0.480 e. The van der Waals surface area contributed by atoms with Gasteiger partial charge >= 0.3 is 5.97 Å². The summed E-state index contributed by atoms with van der Waals surface area (Å²) in [6.07, 6.45) is 3.66. The number of aliphatic hydroxyl groups excluding tert-OH is 1. The fourth-order valence-electron chi connectivity index (χ4n) is 2.66. The number of carbonyl (C=O) groups is 2. The van der Waals surface area contributed by atoms with Crippen LogP contribution in [0.15, 0.2) is 0 Å². The van der Waals surface area contributed by atoms with Crippen LogP contribution in [0, 0.1) is 0 Å². The minimum absolute atomic E-state index is 0.165. The van der Waals surface area contributed by atoms with Gasteiger partial charge in [0.15, 0.2) is 0 Å². The maximum Gasteiger partial charge on any atom is 0.326 e. The van der Waals surface area contributed by atoms with Crippen molar-refractivity contribution < 1.29 is 19.8 Å². The predicted molar refractivity (Wildman–Crippen MR) is 95.9 cm³/mol. The molecule has 6 heteroatoms. The summed E-state index contributed by atoms with van der Waals surface area (Å²) in [7, 11) is 0. The second-order valence-corrected chi connectivity index (χ2v) is 7.44. The lowest BCUT2D eigenvalue weighted by Gasteiger charge is -2.40. The van der Waals surface area contributed by atoms with Gasteiger partial charge in [0.2, 0.25) is 5.91 Å². The molecule has 0 heterocycles. The number of aliphatic hydroxyl groups is 1. The summed E-state index contributed by atoms with van der Waals surface area (Å²) >= 11 is 4.11. The second kappa shape index (κ2) is 10.9. The molecule has 0 bridgehead atoms. The number of hydrogen-bond acceptors (Lipinski definition) is 4. The number of carbonyl (C=O) groups excluding carboxylic acids is 1. The summed E-state index contributed by atoms with van der Waals surface area (Å²) < 4.78 is 0. The van der Waals surface area contributed by atoms with Crippen LogP contribution in [-0.2, 0) is 9.59 Å². The van der Waals surface area contributed by atoms with Crippen molar-refractivity contribution in [2.75, 3.05) is 5.75 Å². The summed E-state index contributed by atoms with van der Waals surface area (Å²) in [6.45, 7) is 7.58. The van der Waals surface area contributed by atoms with E-state index in [4.69, 9.17) is 0 Å². The Morgan fingerprint density at radius 1 is 1.13 bits per heavy atom. The van der Waals surface area contributed by atoms with E-state index in [9.17, 15) is 19.8 Å². The maximum atomic E-state index is 12.5. The topological polar surface area (TPSA) is 77.8 Å². The van der Waals surface area contributed by atoms with Gasteiger partial charge in [-0.1, -0.05) is 19.8 Å². The molecule has 0 saturated heterocycles. The third kappa shape index (κ3) is 8.61. The van der Waals surface area contributed by atoms with E-state index in [2.05, 4.69) is 12.6 Å². The summed E-state index contributed by atoms with van der Waals surface area (Å²) in [5.74, 6) is -0.583. The summed E-state index contributed by atoms with van der Waals surface area (Å²) in [5, 5.41) is 19.5. The number of carboxylic acid groups (broad SMARTS) is 1. The van der Waals surface area contributed by atoms with Gasteiger partial charge in [-0.05, 0) is 52.2 Å². The van der Waals surface area contributed by atoms with Gasteiger partial charge in [-0.15, -0.1) is 0 Å². The number of hydrogen-bond donors (Lipinski definition) is 3. The fraction of sp³-hybridized carbons (Fsp3) is 0.882. The Morgan fingerprint density at radius 2 is 1.74 bits per heavy atom. The largest absolute Gasteiger partial charge is 0.480 e. The molecule has 23 heavy (non-hydrogen) atoms. The van der Waals surface area contributed by atoms with Crippen molar-refractivity contribution in [3.8, 4) is 0 Å². The van der Waals surface area contributed by atoms with Crippen LogP contribution in [0.5, 0.6) is 0 Å². The van der Waals surface area contributed by atoms with Crippen LogP contribution in [0.2, 0.25) is 0 Å². The second-order valence-electron chi connectivity index (χ2n) is 6.99. The molecule has 0 radical (unpaired) electrons. The molecule has 0 aromatic heterocycles. The van der Waals surface area contributed by atoms with Gasteiger partial charge in [-0.3, -0.25) is 4.79 Å². The number of amides is 1. The molecular formula is C17H33NO4S. The Hall–Kier alpha value is -0.750. The summed E-state index contributed by atoms with van der Waals surface area (Å²) in [6, 6.07) is -0.904. The van der Waals surface area contributed by atoms with Crippen LogP contribution in [-0.4, -0.2) is 50.4 Å². The smallest absolute Gasteiger partial charge is 0.326 e. The molecule has 1 amide bonds. The molecule has 2 atom stereocenters. The molecule has 136 valence electrons. The molecular weight excluding hydrogens is 314 g/mol. The van der Waals surface area contributed by atoms with E-state index in [0.717, 1.165) is 12.8 Å². The van der Waals surface area contributed by atoms with Crippen molar-refractivity contribution >= 4 is 24.5 Å². The molecule has 0 aliphatic carbocycles. The van der Waals surface area contributed by atoms with Crippen LogP contribution < -0.4 is 0 Å². The van der Waals surface area contributed by atoms with E-state index >= 15 is 0 Å². The average molecular weight is 348 g/mol. The van der Waals surface area contributed by atoms with Crippen molar-refractivity contribution in [3.05, 3.63) is 0 Å². The zero-order chi connectivity index (χ0) is 18.0. The first-order chi connectivity index (χ1) is 10.6. The minimum atomic E-state index is -1.01. The Kier molecular flexibility index (Phi) is 10.6. The van der Waals surface area contributed by atoms with Gasteiger partial charge in [-0.25, -0.2) is 4.79 Å². The highest BCUT2D eigenvalue weighted by molar-refractivity contribution is 7.80. The van der Waals surface area contributed by atoms with Gasteiger partial charge in [-0.2, -0.15) is 12.6 Å². The number of thiol groups is 1. The maximum absolute atomic E-state index is 12.5. The van der Waals surface area contributed by atoms with Crippen molar-refractivity contribution in [1.29, 1.82) is 0 Å². The first-order valence-electron chi connectivity index (χ1n) is 8.49. The first kappa shape index (κ1) is 22.2. The van der Waals surface area contributed by atoms with E-state index in [1.165, 1.54) is 4.90 Å². The molecule has 2 N–H and O–H groups in total. The normalized spacial score (nSPS) is 14.3. The van der Waals surface area contributed by atoms with E-state index in [-0.39, 0.29) is 12.3 Å². The van der Waals surface area contributed by atoms with Crippen LogP contribution in [0.4, 0.5) is 0 Å². The first-order valence-corrected chi connectivity index (χ1v) is 9.12. The highest BCUT2D eigenvalue weighted by Crippen LogP contribution is 2.23. The lowest BCUT2D eigenvalue weighted by atomic mass is 9.96. The molecule has 1 unspecified atom stereocenters. The zero-order valence-electron chi connectivity index (χ0n) is 14.9. The molecule has 0 aliphatic rings. The highest BCUT2D eigenvalue weighted by Gasteiger charge is 2.36. The van der Waals surface area contributed by atoms with Crippen LogP contribution in [0.25, 0.3) is 0 Å². The lowest BCUT2D eigenvalue weighted by Crippen LogP contribution is -2.54. The van der Waals surface area contributed by atoms with Crippen molar-refractivity contribution in [2.45, 2.75) is 90.3 Å². The van der Waals surface area contributed by atoms with E-state index in [1.54, 1.807) is 0 Å². The molecule has 0 saturated carbocycles. The van der Waals surface area contributed by atoms with Crippen molar-refractivity contribution in [3.63, 3.8) is 0 Å². The fourth-order valence-corrected chi connectivity index (χ4v) is 2.82. The van der Waals surface area contributed by atoms with E-state index in [1.807, 2.05) is 27.7 Å². The monoisotopic (exact) mass is 347 g/mol. The SMILES string of the molecule is CCCCC(O)CC[C@@H](C(=O)O)N(C(=O)CCCS)C(C)(C)C. The summed E-state index contributed by atoms with van der Waals surface area (Å²) in [4.78, 5) is 25.6. The van der Waals surface area contributed by atoms with Crippen LogP contribution in [0.3, 0.4) is 0 Å². The molecule has 5 nitrogen and oxygen atoms in total. The van der Waals surface area contributed by atoms with Gasteiger partial charge in [0.1, 0.15) is 6.04 Å². The van der Waals surface area contributed by atoms with Crippen molar-refractivity contribution in [1.82, 2.24) is 4.90 Å². The molecule has 0 aliphatic heterocycles. The van der Waals surface area contributed by atoms with Gasteiger partial charge < -0.3 is 15.1 Å². The molecule has 0 aromatic carbocycles. The number of unbranched alkanes of at least 4 members (excludes halogenated alkanes) is 1. The number of rotatable bonds is 11. The zero-order valence-corrected chi connectivity index (χ0v) is 15.8. The third-order valence-electron chi connectivity index (χ3n) is 3.80. The van der Waals surface area contributed by atoms with Crippen LogP contribution in [0.1, 0.15) is 72.6 Å². The quantitative estimate of drug-likeness (QED) is 0.502. The molecule has 0 spiro atoms. The summed E-state index contributed by atoms with van der Waals surface area (Å²) in [5.41, 5.74) is -0.578. The van der Waals surface area contributed by atoms with Gasteiger partial charge in [0.05, 0.1) is 6.10 Å². The van der Waals surface area contributed by atoms with E-state index < -0.39 is 23.7 Å². The molecule has 0 rings (SSSR count). The Morgan fingerprint density at radius 3 is 2.17 bits per heavy atom. The van der Waals surface area contributed by atoms with Gasteiger partial charge in [0.25, 0.3) is 0 Å². The molecule has 0 fully saturated rings. The van der Waals surface area contributed by atoms with Gasteiger partial charge in [0, 0.05) is 12.0 Å². The number of aliphatic carboxylic acids is 1. The standard InChI is InChI=1S/C17H33NO4S/c1-5-6-8-13(19)10-11-14(16(21)22)18(17(2,3)4)15(20)9-7-12-23/h13-14,19,23H,5-12H2,1-4H3,(H,21,22)/t13?,14-/m0/s1. The average Bonchev–Trinajstić information content (AvgIpc) is 2.44. The molecule has 0 aromatic rings. The Balaban J connectivity index is 5.01. The van der Waals surface area contributed by atoms with Crippen LogP contribution >= 0.6 is 12.6 Å². The van der Waals surface area contributed by atoms with E-state index in [0.29, 0.717) is 31.4 Å². The number of nitrogens with zero attached hydrogens (tertiary/aromatic N) is 1. The Bertz CT molecular complexity index is 368. The highest BCUT2D eigenvalue weighted by atomic mass is 32.1. The number of carboxylic acids is 1. The lowest BCUT2D eigenvalue weighted by molar-refractivity contribution is -0.155. The predicted octanol–water partition coefficient (Wildman–Crippen LogP) is 3.11. The Labute approximate surface area is 145 Å². The van der Waals surface area contributed by atoms with Crippen molar-refractivity contribution in [2.24, 2.45) is 0 Å². The third-order valence-corrected chi connectivity index (χ3v) is 4.12.